The van der Waals surface area contributed by atoms with Crippen molar-refractivity contribution in [2.24, 2.45) is 5.92 Å². The fourth-order valence-electron chi connectivity index (χ4n) is 3.10. The second-order valence-electron chi connectivity index (χ2n) is 7.38. The van der Waals surface area contributed by atoms with Gasteiger partial charge in [-0.15, -0.1) is 0 Å². The van der Waals surface area contributed by atoms with Crippen molar-refractivity contribution in [3.8, 4) is 17.6 Å². The highest BCUT2D eigenvalue weighted by atomic mass is 16.6. The highest BCUT2D eigenvalue weighted by Crippen LogP contribution is 2.27. The first kappa shape index (κ1) is 18.8. The van der Waals surface area contributed by atoms with E-state index in [1.54, 1.807) is 4.57 Å². The zero-order valence-corrected chi connectivity index (χ0v) is 16.1. The lowest BCUT2D eigenvalue weighted by atomic mass is 10.1. The number of hydrogen-bond acceptors (Lipinski definition) is 4. The largest absolute Gasteiger partial charge is 0.491 e. The molecule has 5 heteroatoms. The van der Waals surface area contributed by atoms with Gasteiger partial charge in [-0.2, -0.15) is 0 Å². The maximum Gasteiger partial charge on any atom is 0.254 e. The SMILES string of the molecule is Cc1cc(OCC2COCCO2)cc(=O)n1Cc1ccc(C#CC2CC2)cc1. The highest BCUT2D eigenvalue weighted by Gasteiger charge is 2.17. The summed E-state index contributed by atoms with van der Waals surface area (Å²) in [5.74, 6) is 7.65. The van der Waals surface area contributed by atoms with Gasteiger partial charge in [0.1, 0.15) is 18.5 Å². The van der Waals surface area contributed by atoms with Crippen LogP contribution in [-0.2, 0) is 16.0 Å². The first-order chi connectivity index (χ1) is 13.7. The van der Waals surface area contributed by atoms with E-state index in [4.69, 9.17) is 14.2 Å². The molecule has 1 saturated carbocycles. The van der Waals surface area contributed by atoms with Gasteiger partial charge in [-0.3, -0.25) is 4.79 Å². The zero-order chi connectivity index (χ0) is 19.3. The summed E-state index contributed by atoms with van der Waals surface area (Å²) < 4.78 is 18.4. The van der Waals surface area contributed by atoms with E-state index < -0.39 is 0 Å². The zero-order valence-electron chi connectivity index (χ0n) is 16.1. The number of ether oxygens (including phenoxy) is 3. The maximum absolute atomic E-state index is 12.6. The smallest absolute Gasteiger partial charge is 0.254 e. The second-order valence-corrected chi connectivity index (χ2v) is 7.38. The summed E-state index contributed by atoms with van der Waals surface area (Å²) in [4.78, 5) is 12.6. The van der Waals surface area contributed by atoms with Gasteiger partial charge in [0.05, 0.1) is 26.4 Å². The summed E-state index contributed by atoms with van der Waals surface area (Å²) in [6, 6.07) is 11.5. The summed E-state index contributed by atoms with van der Waals surface area (Å²) in [6.45, 7) is 4.56. The van der Waals surface area contributed by atoms with Crippen LogP contribution in [0.5, 0.6) is 5.75 Å². The Morgan fingerprint density at radius 2 is 2.00 bits per heavy atom. The Bertz CT molecular complexity index is 926. The summed E-state index contributed by atoms with van der Waals surface area (Å²) >= 11 is 0. The van der Waals surface area contributed by atoms with Gasteiger partial charge in [0.15, 0.2) is 0 Å². The standard InChI is InChI=1S/C23H25NO4/c1-17-12-21(28-16-22-15-26-10-11-27-22)13-23(25)24(17)14-20-8-6-19(7-9-20)5-4-18-2-3-18/h6-9,12-13,18,22H,2-3,10-11,14-16H2,1H3. The molecule has 0 radical (unpaired) electrons. The first-order valence-electron chi connectivity index (χ1n) is 9.81. The summed E-state index contributed by atoms with van der Waals surface area (Å²) in [6.07, 6.45) is 2.38. The van der Waals surface area contributed by atoms with Crippen molar-refractivity contribution in [1.29, 1.82) is 0 Å². The number of rotatable bonds is 5. The van der Waals surface area contributed by atoms with Crippen LogP contribution in [0.1, 0.15) is 29.7 Å². The van der Waals surface area contributed by atoms with Crippen molar-refractivity contribution < 1.29 is 14.2 Å². The Morgan fingerprint density at radius 1 is 1.18 bits per heavy atom. The normalized spacial score (nSPS) is 19.0. The molecule has 1 aromatic carbocycles. The molecular weight excluding hydrogens is 354 g/mol. The number of hydrogen-bond donors (Lipinski definition) is 0. The van der Waals surface area contributed by atoms with Gasteiger partial charge in [0.2, 0.25) is 0 Å². The molecule has 0 N–H and O–H groups in total. The van der Waals surface area contributed by atoms with Gasteiger partial charge >= 0.3 is 0 Å². The molecule has 28 heavy (non-hydrogen) atoms. The monoisotopic (exact) mass is 379 g/mol. The molecule has 1 aliphatic heterocycles. The molecule has 0 amide bonds. The van der Waals surface area contributed by atoms with Crippen LogP contribution in [0.4, 0.5) is 0 Å². The van der Waals surface area contributed by atoms with E-state index in [1.807, 2.05) is 37.3 Å². The molecular formula is C23H25NO4. The van der Waals surface area contributed by atoms with Crippen molar-refractivity contribution in [1.82, 2.24) is 4.57 Å². The van der Waals surface area contributed by atoms with Gasteiger partial charge < -0.3 is 18.8 Å². The average Bonchev–Trinajstić information content (AvgIpc) is 3.54. The van der Waals surface area contributed by atoms with Gasteiger partial charge in [0.25, 0.3) is 5.56 Å². The third-order valence-corrected chi connectivity index (χ3v) is 4.92. The molecule has 1 atom stereocenters. The molecule has 0 bridgehead atoms. The van der Waals surface area contributed by atoms with E-state index in [9.17, 15) is 4.79 Å². The van der Waals surface area contributed by atoms with Crippen molar-refractivity contribution in [2.45, 2.75) is 32.4 Å². The summed E-state index contributed by atoms with van der Waals surface area (Å²) in [5.41, 5.74) is 2.88. The molecule has 1 unspecified atom stereocenters. The van der Waals surface area contributed by atoms with E-state index in [2.05, 4.69) is 11.8 Å². The molecule has 1 aliphatic carbocycles. The third-order valence-electron chi connectivity index (χ3n) is 4.92. The van der Waals surface area contributed by atoms with Gasteiger partial charge in [-0.25, -0.2) is 0 Å². The number of pyridine rings is 1. The highest BCUT2D eigenvalue weighted by molar-refractivity contribution is 5.37. The van der Waals surface area contributed by atoms with Crippen molar-refractivity contribution >= 4 is 0 Å². The van der Waals surface area contributed by atoms with Crippen LogP contribution in [0.15, 0.2) is 41.2 Å². The minimum Gasteiger partial charge on any atom is -0.491 e. The lowest BCUT2D eigenvalue weighted by Gasteiger charge is -2.23. The van der Waals surface area contributed by atoms with E-state index in [0.717, 1.165) is 16.8 Å². The summed E-state index contributed by atoms with van der Waals surface area (Å²) in [5, 5.41) is 0. The second kappa shape index (κ2) is 8.64. The lowest BCUT2D eigenvalue weighted by Crippen LogP contribution is -2.33. The molecule has 1 aromatic heterocycles. The number of aryl methyl sites for hydroxylation is 1. The first-order valence-corrected chi connectivity index (χ1v) is 9.81. The van der Waals surface area contributed by atoms with Crippen LogP contribution in [0.2, 0.25) is 0 Å². The molecule has 2 fully saturated rings. The van der Waals surface area contributed by atoms with E-state index in [-0.39, 0.29) is 11.7 Å². The minimum absolute atomic E-state index is 0.0755. The van der Waals surface area contributed by atoms with E-state index in [0.29, 0.717) is 44.6 Å². The van der Waals surface area contributed by atoms with Crippen molar-refractivity contribution in [3.63, 3.8) is 0 Å². The topological polar surface area (TPSA) is 49.7 Å². The van der Waals surface area contributed by atoms with Crippen LogP contribution in [0.25, 0.3) is 0 Å². The van der Waals surface area contributed by atoms with E-state index in [1.165, 1.54) is 18.9 Å². The van der Waals surface area contributed by atoms with Crippen LogP contribution >= 0.6 is 0 Å². The maximum atomic E-state index is 12.6. The van der Waals surface area contributed by atoms with Crippen LogP contribution in [-0.4, -0.2) is 37.1 Å². The molecule has 1 saturated heterocycles. The number of aromatic nitrogens is 1. The van der Waals surface area contributed by atoms with Crippen molar-refractivity contribution in [3.05, 3.63) is 63.6 Å². The van der Waals surface area contributed by atoms with E-state index >= 15 is 0 Å². The predicted molar refractivity (Wildman–Crippen MR) is 107 cm³/mol. The summed E-state index contributed by atoms with van der Waals surface area (Å²) in [7, 11) is 0. The molecule has 0 spiro atoms. The van der Waals surface area contributed by atoms with Crippen molar-refractivity contribution in [2.75, 3.05) is 26.4 Å². The molecule has 4 rings (SSSR count). The predicted octanol–water partition coefficient (Wildman–Crippen LogP) is 2.76. The number of benzene rings is 1. The molecule has 2 aliphatic rings. The van der Waals surface area contributed by atoms with Crippen LogP contribution < -0.4 is 10.3 Å². The molecule has 146 valence electrons. The Hall–Kier alpha value is -2.55. The van der Waals surface area contributed by atoms with Gasteiger partial charge in [-0.1, -0.05) is 24.0 Å². The quantitative estimate of drug-likeness (QED) is 0.750. The van der Waals surface area contributed by atoms with Crippen LogP contribution in [0, 0.1) is 24.7 Å². The molecule has 5 nitrogen and oxygen atoms in total. The molecule has 2 heterocycles. The fraction of sp³-hybridized carbons (Fsp3) is 0.435. The molecule has 2 aromatic rings. The third kappa shape index (κ3) is 5.03. The Balaban J connectivity index is 1.40. The van der Waals surface area contributed by atoms with Gasteiger partial charge in [0, 0.05) is 23.2 Å². The Kier molecular flexibility index (Phi) is 5.80. The van der Waals surface area contributed by atoms with Crippen LogP contribution in [0.3, 0.4) is 0 Å². The minimum atomic E-state index is -0.0852. The van der Waals surface area contributed by atoms with Gasteiger partial charge in [-0.05, 0) is 43.5 Å². The Labute approximate surface area is 165 Å². The lowest BCUT2D eigenvalue weighted by molar-refractivity contribution is -0.101. The Morgan fingerprint density at radius 3 is 2.68 bits per heavy atom. The average molecular weight is 379 g/mol. The fourth-order valence-corrected chi connectivity index (χ4v) is 3.10. The number of nitrogens with zero attached hydrogens (tertiary/aromatic N) is 1.